The fraction of sp³-hybridized carbons (Fsp3) is 0.265. The normalized spacial score (nSPS) is 12.1. The number of nitriles is 1. The summed E-state index contributed by atoms with van der Waals surface area (Å²) in [5.41, 5.74) is 4.57. The van der Waals surface area contributed by atoms with Crippen molar-refractivity contribution in [1.82, 2.24) is 20.3 Å². The number of pyridine rings is 1. The SMILES string of the molecule is C=CC[C@@H](NCCOc1c(Cl)c(-c2ccc(F)c3sc(NC(=O)OC(C)(C)C)c(C#N)c23)c(F)c2nc(SC)[nH]c(=O)c12)c1cccnc1N. The summed E-state index contributed by atoms with van der Waals surface area (Å²) in [6.45, 7) is 9.00. The summed E-state index contributed by atoms with van der Waals surface area (Å²) in [6, 6.07) is 7.71. The van der Waals surface area contributed by atoms with Gasteiger partial charge in [-0.05, 0) is 51.1 Å². The number of thiophene rings is 1. The molecule has 1 atom stereocenters. The Morgan fingerprint density at radius 3 is 2.72 bits per heavy atom. The molecule has 0 bridgehead atoms. The first-order valence-corrected chi connectivity index (χ1v) is 17.5. The number of ether oxygens (including phenoxy) is 2. The minimum absolute atomic E-state index is 0.00687. The minimum Gasteiger partial charge on any atom is -0.490 e. The zero-order valence-electron chi connectivity index (χ0n) is 27.4. The van der Waals surface area contributed by atoms with Crippen molar-refractivity contribution in [3.8, 4) is 22.9 Å². The maximum Gasteiger partial charge on any atom is 0.412 e. The van der Waals surface area contributed by atoms with E-state index in [1.165, 1.54) is 6.07 Å². The van der Waals surface area contributed by atoms with Gasteiger partial charge in [0, 0.05) is 35.3 Å². The molecule has 0 fully saturated rings. The standard InChI is InChI=1S/C34H32ClF2N7O4S2/c1-6-8-20(16-9-7-12-41-29(16)39)40-13-14-47-27-23-26(42-32(49-5)43-30(23)45)25(37)22(24(27)35)17-10-11-19(36)28-21(17)18(15-38)31(50-28)44-33(46)48-34(2,3)4/h6-7,9-12,20,40H,1,8,13-14H2,2-5H3,(H2,39,41)(H,44,46)(H,42,43,45)/t20-/m1/s1. The van der Waals surface area contributed by atoms with E-state index in [-0.39, 0.29) is 77.8 Å². The molecule has 5 rings (SSSR count). The Kier molecular flexibility index (Phi) is 11.0. The second kappa shape index (κ2) is 15.0. The summed E-state index contributed by atoms with van der Waals surface area (Å²) in [6.07, 6.45) is 4.63. The molecular weight excluding hydrogens is 708 g/mol. The third-order valence-electron chi connectivity index (χ3n) is 7.34. The molecule has 260 valence electrons. The van der Waals surface area contributed by atoms with E-state index in [2.05, 4.69) is 32.2 Å². The van der Waals surface area contributed by atoms with Crippen LogP contribution in [0.5, 0.6) is 5.75 Å². The molecule has 3 aromatic heterocycles. The van der Waals surface area contributed by atoms with E-state index < -0.39 is 28.9 Å². The van der Waals surface area contributed by atoms with Crippen LogP contribution in [0, 0.1) is 23.0 Å². The largest absolute Gasteiger partial charge is 0.490 e. The maximum atomic E-state index is 16.7. The van der Waals surface area contributed by atoms with Gasteiger partial charge in [0.1, 0.15) is 45.8 Å². The van der Waals surface area contributed by atoms with Gasteiger partial charge in [0.25, 0.3) is 5.56 Å². The van der Waals surface area contributed by atoms with Crippen molar-refractivity contribution < 1.29 is 23.0 Å². The van der Waals surface area contributed by atoms with Crippen LogP contribution in [0.3, 0.4) is 0 Å². The number of amides is 1. The molecule has 5 aromatic rings. The lowest BCUT2D eigenvalue weighted by Crippen LogP contribution is -2.27. The molecule has 0 aliphatic heterocycles. The van der Waals surface area contributed by atoms with Crippen molar-refractivity contribution in [2.24, 2.45) is 0 Å². The van der Waals surface area contributed by atoms with Gasteiger partial charge in [0.15, 0.2) is 16.7 Å². The summed E-state index contributed by atoms with van der Waals surface area (Å²) < 4.78 is 43.4. The second-order valence-corrected chi connectivity index (χ2v) is 14.0. The number of fused-ring (bicyclic) bond motifs is 2. The number of rotatable bonds is 11. The van der Waals surface area contributed by atoms with Gasteiger partial charge in [-0.1, -0.05) is 41.6 Å². The van der Waals surface area contributed by atoms with Crippen LogP contribution in [0.2, 0.25) is 5.02 Å². The van der Waals surface area contributed by atoms with Gasteiger partial charge >= 0.3 is 6.09 Å². The molecule has 0 radical (unpaired) electrons. The Hall–Kier alpha value is -4.75. The average Bonchev–Trinajstić information content (AvgIpc) is 3.42. The van der Waals surface area contributed by atoms with E-state index in [9.17, 15) is 14.9 Å². The highest BCUT2D eigenvalue weighted by atomic mass is 35.5. The van der Waals surface area contributed by atoms with E-state index in [1.54, 1.807) is 45.4 Å². The smallest absolute Gasteiger partial charge is 0.412 e. The summed E-state index contributed by atoms with van der Waals surface area (Å²) in [5, 5.41) is 15.6. The molecular formula is C34H32ClF2N7O4S2. The summed E-state index contributed by atoms with van der Waals surface area (Å²) in [5.74, 6) is -1.52. The molecule has 3 heterocycles. The fourth-order valence-corrected chi connectivity index (χ4v) is 7.08. The Balaban J connectivity index is 1.63. The third-order valence-corrected chi connectivity index (χ3v) is 9.39. The van der Waals surface area contributed by atoms with Crippen molar-refractivity contribution in [2.75, 3.05) is 30.5 Å². The van der Waals surface area contributed by atoms with Crippen molar-refractivity contribution >= 4 is 72.6 Å². The number of nitrogen functional groups attached to an aromatic ring is 1. The number of aromatic amines is 1. The van der Waals surface area contributed by atoms with E-state index in [0.717, 1.165) is 34.7 Å². The van der Waals surface area contributed by atoms with Gasteiger partial charge < -0.3 is 25.5 Å². The number of halogens is 3. The average molecular weight is 740 g/mol. The van der Waals surface area contributed by atoms with Crippen molar-refractivity contribution in [3.05, 3.63) is 81.3 Å². The molecule has 0 aliphatic carbocycles. The molecule has 16 heteroatoms. The highest BCUT2D eigenvalue weighted by molar-refractivity contribution is 7.98. The number of nitrogens with zero attached hydrogens (tertiary/aromatic N) is 3. The van der Waals surface area contributed by atoms with Gasteiger partial charge in [0.05, 0.1) is 15.3 Å². The molecule has 1 amide bonds. The second-order valence-electron chi connectivity index (χ2n) is 11.8. The highest BCUT2D eigenvalue weighted by Gasteiger charge is 2.29. The van der Waals surface area contributed by atoms with Crippen LogP contribution in [0.25, 0.3) is 32.1 Å². The first-order chi connectivity index (χ1) is 23.8. The fourth-order valence-electron chi connectivity index (χ4n) is 5.30. The van der Waals surface area contributed by atoms with Crippen LogP contribution >= 0.6 is 34.7 Å². The first-order valence-electron chi connectivity index (χ1n) is 15.1. The molecule has 0 unspecified atom stereocenters. The molecule has 2 aromatic carbocycles. The summed E-state index contributed by atoms with van der Waals surface area (Å²) >= 11 is 8.77. The molecule has 0 saturated heterocycles. The number of nitrogens with two attached hydrogens (primary N) is 1. The number of hydrogen-bond donors (Lipinski definition) is 4. The van der Waals surface area contributed by atoms with Crippen molar-refractivity contribution in [2.45, 2.75) is 44.0 Å². The number of hydrogen-bond acceptors (Lipinski definition) is 11. The Bertz CT molecular complexity index is 2230. The molecule has 0 saturated carbocycles. The van der Waals surface area contributed by atoms with Crippen molar-refractivity contribution in [3.63, 3.8) is 0 Å². The van der Waals surface area contributed by atoms with Gasteiger partial charge in [-0.25, -0.2) is 23.5 Å². The van der Waals surface area contributed by atoms with Gasteiger partial charge in [-0.3, -0.25) is 10.1 Å². The number of nitrogens with one attached hydrogen (secondary N) is 3. The quantitative estimate of drug-likeness (QED) is 0.0452. The van der Waals surface area contributed by atoms with Gasteiger partial charge in [-0.15, -0.1) is 17.9 Å². The van der Waals surface area contributed by atoms with Crippen LogP contribution in [0.15, 0.2) is 53.1 Å². The molecule has 0 aliphatic rings. The van der Waals surface area contributed by atoms with Gasteiger partial charge in [0.2, 0.25) is 0 Å². The summed E-state index contributed by atoms with van der Waals surface area (Å²) in [7, 11) is 0. The van der Waals surface area contributed by atoms with Crippen LogP contribution in [-0.4, -0.2) is 46.1 Å². The first kappa shape index (κ1) is 36.5. The predicted molar refractivity (Wildman–Crippen MR) is 194 cm³/mol. The maximum absolute atomic E-state index is 16.7. The van der Waals surface area contributed by atoms with E-state index in [1.807, 2.05) is 12.1 Å². The van der Waals surface area contributed by atoms with Crippen LogP contribution in [-0.2, 0) is 4.74 Å². The lowest BCUT2D eigenvalue weighted by atomic mass is 9.96. The lowest BCUT2D eigenvalue weighted by molar-refractivity contribution is 0.0636. The van der Waals surface area contributed by atoms with Crippen molar-refractivity contribution in [1.29, 1.82) is 5.26 Å². The van der Waals surface area contributed by atoms with Crippen LogP contribution in [0.1, 0.15) is 44.4 Å². The number of aromatic nitrogens is 3. The number of carbonyl (C=O) groups is 1. The number of benzene rings is 2. The predicted octanol–water partition coefficient (Wildman–Crippen LogP) is 7.94. The molecule has 50 heavy (non-hydrogen) atoms. The Labute approximate surface area is 298 Å². The van der Waals surface area contributed by atoms with E-state index >= 15 is 8.78 Å². The summed E-state index contributed by atoms with van der Waals surface area (Å²) in [4.78, 5) is 37.0. The topological polar surface area (TPSA) is 168 Å². The number of H-pyrrole nitrogens is 1. The number of thioether (sulfide) groups is 1. The zero-order chi connectivity index (χ0) is 36.3. The molecule has 0 spiro atoms. The van der Waals surface area contributed by atoms with E-state index in [0.29, 0.717) is 12.2 Å². The Morgan fingerprint density at radius 1 is 1.30 bits per heavy atom. The molecule has 11 nitrogen and oxygen atoms in total. The van der Waals surface area contributed by atoms with E-state index in [4.69, 9.17) is 26.8 Å². The lowest BCUT2D eigenvalue weighted by Gasteiger charge is -2.20. The Morgan fingerprint density at radius 2 is 2.06 bits per heavy atom. The third kappa shape index (κ3) is 7.38. The zero-order valence-corrected chi connectivity index (χ0v) is 29.8. The number of anilines is 2. The van der Waals surface area contributed by atoms with Gasteiger partial charge in [-0.2, -0.15) is 5.26 Å². The van der Waals surface area contributed by atoms with Crippen LogP contribution in [0.4, 0.5) is 24.4 Å². The van der Waals surface area contributed by atoms with Crippen LogP contribution < -0.4 is 26.7 Å². The highest BCUT2D eigenvalue weighted by Crippen LogP contribution is 2.48. The number of carbonyl (C=O) groups excluding carboxylic acids is 1. The monoisotopic (exact) mass is 739 g/mol. The minimum atomic E-state index is -0.986. The molecule has 5 N–H and O–H groups in total.